The Labute approximate surface area is 106 Å². The van der Waals surface area contributed by atoms with Crippen molar-refractivity contribution in [2.75, 3.05) is 27.2 Å². The van der Waals surface area contributed by atoms with Gasteiger partial charge < -0.3 is 9.04 Å². The number of likely N-dealkylation sites (tertiary alicyclic amines) is 1. The summed E-state index contributed by atoms with van der Waals surface area (Å²) in [6.07, 6.45) is 4.28. The molecule has 18 heavy (non-hydrogen) atoms. The molecule has 0 aromatic carbocycles. The van der Waals surface area contributed by atoms with Crippen molar-refractivity contribution in [3.63, 3.8) is 0 Å². The van der Waals surface area contributed by atoms with E-state index in [4.69, 9.17) is 13.0 Å². The molecule has 1 heterocycles. The first-order valence-electron chi connectivity index (χ1n) is 5.73. The van der Waals surface area contributed by atoms with E-state index < -0.39 is 15.6 Å². The van der Waals surface area contributed by atoms with Crippen LogP contribution in [0.1, 0.15) is 26.2 Å². The Morgan fingerprint density at radius 2 is 1.78 bits per heavy atom. The van der Waals surface area contributed by atoms with Gasteiger partial charge in [0.2, 0.25) is 0 Å². The van der Waals surface area contributed by atoms with Gasteiger partial charge >= 0.3 is 5.51 Å². The summed E-state index contributed by atoms with van der Waals surface area (Å²) in [7, 11) is -1.39. The molecule has 110 valence electrons. The molecule has 0 amide bonds. The summed E-state index contributed by atoms with van der Waals surface area (Å²) in [5.41, 5.74) is -5.65. The Morgan fingerprint density at radius 3 is 2.00 bits per heavy atom. The Kier molecular flexibility index (Phi) is 6.09. The van der Waals surface area contributed by atoms with Crippen molar-refractivity contribution < 1.29 is 30.6 Å². The van der Waals surface area contributed by atoms with Crippen LogP contribution in [-0.4, -0.2) is 50.1 Å². The second kappa shape index (κ2) is 6.21. The summed E-state index contributed by atoms with van der Waals surface area (Å²) in [5.74, 6) is 1.00. The van der Waals surface area contributed by atoms with Gasteiger partial charge in [-0.1, -0.05) is 6.92 Å². The normalized spacial score (nSPS) is 24.1. The van der Waals surface area contributed by atoms with Crippen molar-refractivity contribution in [2.24, 2.45) is 5.92 Å². The number of alkyl halides is 3. The van der Waals surface area contributed by atoms with Crippen LogP contribution in [0.15, 0.2) is 0 Å². The van der Waals surface area contributed by atoms with E-state index in [1.54, 1.807) is 0 Å². The second-order valence-corrected chi connectivity index (χ2v) is 6.53. The zero-order chi connectivity index (χ0) is 14.6. The molecule has 8 heteroatoms. The lowest BCUT2D eigenvalue weighted by Crippen LogP contribution is -2.47. The summed E-state index contributed by atoms with van der Waals surface area (Å²) in [4.78, 5) is 0. The average Bonchev–Trinajstić information content (AvgIpc) is 2.13. The maximum absolute atomic E-state index is 10.7. The Morgan fingerprint density at radius 1 is 1.33 bits per heavy atom. The Hall–Kier alpha value is -0.340. The quantitative estimate of drug-likeness (QED) is 0.421. The molecule has 1 unspecified atom stereocenters. The monoisotopic (exact) mass is 291 g/mol. The number of quaternary nitrogens is 1. The van der Waals surface area contributed by atoms with E-state index in [0.717, 1.165) is 5.92 Å². The van der Waals surface area contributed by atoms with Crippen molar-refractivity contribution >= 4 is 10.1 Å². The van der Waals surface area contributed by atoms with Crippen molar-refractivity contribution in [1.82, 2.24) is 0 Å². The van der Waals surface area contributed by atoms with Crippen LogP contribution < -0.4 is 0 Å². The maximum Gasteiger partial charge on any atom is 0.485 e. The smallest absolute Gasteiger partial charge is 0.485 e. The van der Waals surface area contributed by atoms with Crippen LogP contribution in [0, 0.1) is 5.92 Å². The van der Waals surface area contributed by atoms with Gasteiger partial charge in [-0.2, -0.15) is 13.2 Å². The minimum Gasteiger partial charge on any atom is -0.741 e. The number of hydrogen-bond donors (Lipinski definition) is 0. The van der Waals surface area contributed by atoms with E-state index in [0.29, 0.717) is 0 Å². The summed E-state index contributed by atoms with van der Waals surface area (Å²) >= 11 is 0. The maximum atomic E-state index is 10.7. The predicted molar refractivity (Wildman–Crippen MR) is 60.6 cm³/mol. The highest BCUT2D eigenvalue weighted by Crippen LogP contribution is 2.22. The highest BCUT2D eigenvalue weighted by Gasteiger charge is 2.36. The largest absolute Gasteiger partial charge is 0.741 e. The van der Waals surface area contributed by atoms with Gasteiger partial charge in [-0.25, -0.2) is 8.42 Å². The van der Waals surface area contributed by atoms with Gasteiger partial charge in [-0.3, -0.25) is 0 Å². The first kappa shape index (κ1) is 17.7. The van der Waals surface area contributed by atoms with Gasteiger partial charge in [0.05, 0.1) is 27.2 Å². The number of hydrogen-bond acceptors (Lipinski definition) is 3. The molecule has 0 aliphatic carbocycles. The molecule has 1 saturated heterocycles. The van der Waals surface area contributed by atoms with E-state index in [2.05, 4.69) is 21.0 Å². The third-order valence-electron chi connectivity index (χ3n) is 2.99. The molecular formula is C10H20F3NO3S. The minimum atomic E-state index is -6.09. The fourth-order valence-corrected chi connectivity index (χ4v) is 2.02. The fraction of sp³-hybridized carbons (Fsp3) is 1.00. The SMILES string of the molecule is CCC1CCC[N+](C)(C)C1.O=S(=O)([O-])C(F)(F)F. The van der Waals surface area contributed by atoms with Gasteiger partial charge in [0.15, 0.2) is 10.1 Å². The topological polar surface area (TPSA) is 57.2 Å². The molecule has 0 spiro atoms. The highest BCUT2D eigenvalue weighted by atomic mass is 32.2. The molecule has 0 N–H and O–H groups in total. The molecule has 1 rings (SSSR count). The summed E-state index contributed by atoms with van der Waals surface area (Å²) in [6, 6.07) is 0. The van der Waals surface area contributed by atoms with Crippen LogP contribution in [-0.2, 0) is 10.1 Å². The number of piperidine rings is 1. The van der Waals surface area contributed by atoms with Crippen molar-refractivity contribution in [1.29, 1.82) is 0 Å². The lowest BCUT2D eigenvalue weighted by atomic mass is 9.95. The molecule has 0 radical (unpaired) electrons. The van der Waals surface area contributed by atoms with Gasteiger partial charge in [0.1, 0.15) is 0 Å². The molecule has 0 aromatic rings. The molecule has 4 nitrogen and oxygen atoms in total. The molecule has 1 aliphatic rings. The van der Waals surface area contributed by atoms with E-state index in [-0.39, 0.29) is 0 Å². The molecule has 0 saturated carbocycles. The van der Waals surface area contributed by atoms with Gasteiger partial charge in [-0.05, 0) is 19.3 Å². The van der Waals surface area contributed by atoms with Gasteiger partial charge in [0, 0.05) is 5.92 Å². The second-order valence-electron chi connectivity index (χ2n) is 5.16. The zero-order valence-corrected chi connectivity index (χ0v) is 11.6. The standard InChI is InChI=1S/C9H20N.CHF3O3S/c1-4-9-6-5-7-10(2,3)8-9;2-1(3,4)8(5,6)7/h9H,4-8H2,1-3H3;(H,5,6,7)/q+1;/p-1. The zero-order valence-electron chi connectivity index (χ0n) is 10.8. The first-order valence-corrected chi connectivity index (χ1v) is 7.14. The summed E-state index contributed by atoms with van der Waals surface area (Å²) in [5, 5.41) is 0. The van der Waals surface area contributed by atoms with Crippen molar-refractivity contribution in [3.8, 4) is 0 Å². The predicted octanol–water partition coefficient (Wildman–Crippen LogP) is 1.93. The average molecular weight is 291 g/mol. The Balaban J connectivity index is 0.000000331. The van der Waals surface area contributed by atoms with E-state index in [1.165, 1.54) is 36.8 Å². The van der Waals surface area contributed by atoms with Crippen LogP contribution in [0.25, 0.3) is 0 Å². The number of rotatable bonds is 1. The van der Waals surface area contributed by atoms with E-state index in [9.17, 15) is 13.2 Å². The molecule has 0 bridgehead atoms. The minimum absolute atomic E-state index is 1.00. The van der Waals surface area contributed by atoms with E-state index >= 15 is 0 Å². The third kappa shape index (κ3) is 6.55. The molecule has 1 atom stereocenters. The molecular weight excluding hydrogens is 271 g/mol. The van der Waals surface area contributed by atoms with Gasteiger partial charge in [0.25, 0.3) is 0 Å². The summed E-state index contributed by atoms with van der Waals surface area (Å²) in [6.45, 7) is 5.10. The van der Waals surface area contributed by atoms with Crippen molar-refractivity contribution in [2.45, 2.75) is 31.7 Å². The highest BCUT2D eigenvalue weighted by molar-refractivity contribution is 7.86. The van der Waals surface area contributed by atoms with Crippen LogP contribution >= 0.6 is 0 Å². The fourth-order valence-electron chi connectivity index (χ4n) is 2.02. The van der Waals surface area contributed by atoms with Crippen LogP contribution in [0.4, 0.5) is 13.2 Å². The van der Waals surface area contributed by atoms with Gasteiger partial charge in [-0.15, -0.1) is 0 Å². The molecule has 0 aromatic heterocycles. The van der Waals surface area contributed by atoms with Crippen LogP contribution in [0.3, 0.4) is 0 Å². The number of halogens is 3. The van der Waals surface area contributed by atoms with Crippen LogP contribution in [0.5, 0.6) is 0 Å². The lowest BCUT2D eigenvalue weighted by molar-refractivity contribution is -0.898. The first-order chi connectivity index (χ1) is 7.89. The van der Waals surface area contributed by atoms with Crippen molar-refractivity contribution in [3.05, 3.63) is 0 Å². The van der Waals surface area contributed by atoms with E-state index in [1.807, 2.05) is 0 Å². The molecule has 1 fully saturated rings. The number of nitrogens with zero attached hydrogens (tertiary/aromatic N) is 1. The van der Waals surface area contributed by atoms with Crippen LogP contribution in [0.2, 0.25) is 0 Å². The third-order valence-corrected chi connectivity index (χ3v) is 3.56. The molecule has 1 aliphatic heterocycles. The Bertz CT molecular complexity index is 352. The lowest BCUT2D eigenvalue weighted by Gasteiger charge is -2.37. The summed E-state index contributed by atoms with van der Waals surface area (Å²) < 4.78 is 60.2.